The standard InChI is InChI=1S/C17H17ClN2O2/c1-12-5-4-6-13(9-12)10-19-16(21)17(22)20-11-14-7-2-3-8-15(14)18/h2-9H,10-11H2,1H3,(H,19,21)(H,20,22). The number of amides is 2. The van der Waals surface area contributed by atoms with Crippen molar-refractivity contribution in [3.05, 3.63) is 70.2 Å². The van der Waals surface area contributed by atoms with E-state index in [-0.39, 0.29) is 6.54 Å². The zero-order valence-corrected chi connectivity index (χ0v) is 13.0. The molecule has 2 aromatic rings. The second kappa shape index (κ2) is 7.61. The van der Waals surface area contributed by atoms with Crippen LogP contribution in [0.3, 0.4) is 0 Å². The van der Waals surface area contributed by atoms with E-state index in [1.54, 1.807) is 12.1 Å². The number of carbonyl (C=O) groups excluding carboxylic acids is 2. The summed E-state index contributed by atoms with van der Waals surface area (Å²) >= 11 is 5.99. The van der Waals surface area contributed by atoms with Crippen LogP contribution in [-0.4, -0.2) is 11.8 Å². The molecule has 2 amide bonds. The SMILES string of the molecule is Cc1cccc(CNC(=O)C(=O)NCc2ccccc2Cl)c1. The van der Waals surface area contributed by atoms with Crippen LogP contribution in [-0.2, 0) is 22.7 Å². The number of halogens is 1. The molecular weight excluding hydrogens is 300 g/mol. The highest BCUT2D eigenvalue weighted by molar-refractivity contribution is 6.35. The molecule has 0 bridgehead atoms. The predicted molar refractivity (Wildman–Crippen MR) is 86.3 cm³/mol. The zero-order chi connectivity index (χ0) is 15.9. The van der Waals surface area contributed by atoms with Crippen molar-refractivity contribution >= 4 is 23.4 Å². The summed E-state index contributed by atoms with van der Waals surface area (Å²) in [7, 11) is 0. The highest BCUT2D eigenvalue weighted by Gasteiger charge is 2.13. The molecule has 0 radical (unpaired) electrons. The van der Waals surface area contributed by atoms with E-state index in [2.05, 4.69) is 10.6 Å². The highest BCUT2D eigenvalue weighted by atomic mass is 35.5. The number of nitrogens with one attached hydrogen (secondary N) is 2. The molecule has 2 aromatic carbocycles. The average molecular weight is 317 g/mol. The number of rotatable bonds is 4. The van der Waals surface area contributed by atoms with Crippen molar-refractivity contribution < 1.29 is 9.59 Å². The quantitative estimate of drug-likeness (QED) is 0.852. The minimum absolute atomic E-state index is 0.219. The Morgan fingerprint density at radius 2 is 1.64 bits per heavy atom. The Labute approximate surface area is 134 Å². The Morgan fingerprint density at radius 3 is 2.32 bits per heavy atom. The van der Waals surface area contributed by atoms with Gasteiger partial charge in [-0.25, -0.2) is 0 Å². The van der Waals surface area contributed by atoms with Crippen molar-refractivity contribution in [2.24, 2.45) is 0 Å². The van der Waals surface area contributed by atoms with E-state index in [1.165, 1.54) is 0 Å². The van der Waals surface area contributed by atoms with Gasteiger partial charge in [-0.15, -0.1) is 0 Å². The van der Waals surface area contributed by atoms with Gasteiger partial charge in [0.25, 0.3) is 0 Å². The smallest absolute Gasteiger partial charge is 0.309 e. The van der Waals surface area contributed by atoms with Crippen LogP contribution < -0.4 is 10.6 Å². The van der Waals surface area contributed by atoms with Crippen molar-refractivity contribution in [3.63, 3.8) is 0 Å². The third-order valence-corrected chi connectivity index (χ3v) is 3.51. The van der Waals surface area contributed by atoms with Crippen molar-refractivity contribution in [3.8, 4) is 0 Å². The average Bonchev–Trinajstić information content (AvgIpc) is 2.51. The third-order valence-electron chi connectivity index (χ3n) is 3.14. The summed E-state index contributed by atoms with van der Waals surface area (Å²) in [6, 6.07) is 14.9. The van der Waals surface area contributed by atoms with Gasteiger partial charge in [0.15, 0.2) is 0 Å². The summed E-state index contributed by atoms with van der Waals surface area (Å²) in [5.41, 5.74) is 2.83. The van der Waals surface area contributed by atoms with Gasteiger partial charge in [0, 0.05) is 18.1 Å². The van der Waals surface area contributed by atoms with Gasteiger partial charge in [-0.3, -0.25) is 9.59 Å². The molecule has 114 valence electrons. The zero-order valence-electron chi connectivity index (χ0n) is 12.2. The molecule has 0 spiro atoms. The summed E-state index contributed by atoms with van der Waals surface area (Å²) in [4.78, 5) is 23.5. The molecule has 0 aliphatic heterocycles. The Hall–Kier alpha value is -2.33. The molecule has 0 saturated carbocycles. The Balaban J connectivity index is 1.82. The summed E-state index contributed by atoms with van der Waals surface area (Å²) < 4.78 is 0. The first kappa shape index (κ1) is 16.0. The third kappa shape index (κ3) is 4.60. The molecule has 4 nitrogen and oxygen atoms in total. The maximum Gasteiger partial charge on any atom is 0.309 e. The Bertz CT molecular complexity index is 686. The molecule has 0 aromatic heterocycles. The monoisotopic (exact) mass is 316 g/mol. The van der Waals surface area contributed by atoms with Crippen molar-refractivity contribution in [1.29, 1.82) is 0 Å². The lowest BCUT2D eigenvalue weighted by molar-refractivity contribution is -0.139. The van der Waals surface area contributed by atoms with Crippen molar-refractivity contribution in [1.82, 2.24) is 10.6 Å². The summed E-state index contributed by atoms with van der Waals surface area (Å²) in [6.07, 6.45) is 0. The normalized spacial score (nSPS) is 10.1. The molecule has 0 unspecified atom stereocenters. The van der Waals surface area contributed by atoms with Crippen LogP contribution in [0.1, 0.15) is 16.7 Å². The van der Waals surface area contributed by atoms with Gasteiger partial charge in [-0.05, 0) is 24.1 Å². The number of aryl methyl sites for hydroxylation is 1. The van der Waals surface area contributed by atoms with Gasteiger partial charge in [-0.1, -0.05) is 59.6 Å². The fourth-order valence-electron chi connectivity index (χ4n) is 1.98. The minimum atomic E-state index is -0.674. The molecule has 22 heavy (non-hydrogen) atoms. The second-order valence-electron chi connectivity index (χ2n) is 4.95. The number of benzene rings is 2. The predicted octanol–water partition coefficient (Wildman–Crippen LogP) is 2.58. The van der Waals surface area contributed by atoms with Gasteiger partial charge in [0.1, 0.15) is 0 Å². The molecule has 0 fully saturated rings. The summed E-state index contributed by atoms with van der Waals surface area (Å²) in [6.45, 7) is 2.51. The molecule has 2 rings (SSSR count). The van der Waals surface area contributed by atoms with Crippen LogP contribution in [0, 0.1) is 6.92 Å². The molecule has 5 heteroatoms. The Kier molecular flexibility index (Phi) is 5.55. The molecule has 2 N–H and O–H groups in total. The lowest BCUT2D eigenvalue weighted by Crippen LogP contribution is -2.39. The van der Waals surface area contributed by atoms with Gasteiger partial charge in [0.05, 0.1) is 0 Å². The van der Waals surface area contributed by atoms with E-state index in [1.807, 2.05) is 43.3 Å². The van der Waals surface area contributed by atoms with E-state index in [0.717, 1.165) is 16.7 Å². The molecule has 0 atom stereocenters. The van der Waals surface area contributed by atoms with Crippen LogP contribution in [0.2, 0.25) is 5.02 Å². The van der Waals surface area contributed by atoms with Crippen LogP contribution in [0.25, 0.3) is 0 Å². The number of hydrogen-bond donors (Lipinski definition) is 2. The minimum Gasteiger partial charge on any atom is -0.344 e. The van der Waals surface area contributed by atoms with E-state index >= 15 is 0 Å². The van der Waals surface area contributed by atoms with Crippen molar-refractivity contribution in [2.45, 2.75) is 20.0 Å². The van der Waals surface area contributed by atoms with E-state index in [9.17, 15) is 9.59 Å². The summed E-state index contributed by atoms with van der Waals surface area (Å²) in [5, 5.41) is 5.70. The maximum atomic E-state index is 11.8. The van der Waals surface area contributed by atoms with Crippen LogP contribution in [0.4, 0.5) is 0 Å². The molecule has 0 saturated heterocycles. The molecule has 0 aliphatic carbocycles. The van der Waals surface area contributed by atoms with E-state index < -0.39 is 11.8 Å². The van der Waals surface area contributed by atoms with Crippen LogP contribution in [0.5, 0.6) is 0 Å². The first-order chi connectivity index (χ1) is 10.6. The topological polar surface area (TPSA) is 58.2 Å². The van der Waals surface area contributed by atoms with Crippen LogP contribution >= 0.6 is 11.6 Å². The van der Waals surface area contributed by atoms with Crippen LogP contribution in [0.15, 0.2) is 48.5 Å². The van der Waals surface area contributed by atoms with Crippen molar-refractivity contribution in [2.75, 3.05) is 0 Å². The summed E-state index contributed by atoms with van der Waals surface area (Å²) in [5.74, 6) is -1.33. The molecular formula is C17H17ClN2O2. The van der Waals surface area contributed by atoms with Gasteiger partial charge in [-0.2, -0.15) is 0 Å². The van der Waals surface area contributed by atoms with E-state index in [0.29, 0.717) is 11.6 Å². The fraction of sp³-hybridized carbons (Fsp3) is 0.176. The maximum absolute atomic E-state index is 11.8. The fourth-order valence-corrected chi connectivity index (χ4v) is 2.18. The highest BCUT2D eigenvalue weighted by Crippen LogP contribution is 2.14. The number of carbonyl (C=O) groups is 2. The van der Waals surface area contributed by atoms with Gasteiger partial charge >= 0.3 is 11.8 Å². The molecule has 0 heterocycles. The second-order valence-corrected chi connectivity index (χ2v) is 5.35. The first-order valence-corrected chi connectivity index (χ1v) is 7.29. The van der Waals surface area contributed by atoms with Gasteiger partial charge < -0.3 is 10.6 Å². The largest absolute Gasteiger partial charge is 0.344 e. The lowest BCUT2D eigenvalue weighted by Gasteiger charge is -2.08. The van der Waals surface area contributed by atoms with Gasteiger partial charge in [0.2, 0.25) is 0 Å². The Morgan fingerprint density at radius 1 is 0.955 bits per heavy atom. The molecule has 0 aliphatic rings. The first-order valence-electron chi connectivity index (χ1n) is 6.91. The number of hydrogen-bond acceptors (Lipinski definition) is 2. The lowest BCUT2D eigenvalue weighted by atomic mass is 10.1. The van der Waals surface area contributed by atoms with E-state index in [4.69, 9.17) is 11.6 Å².